The molecule has 0 atom stereocenters. The minimum absolute atomic E-state index is 0.0157. The number of rotatable bonds is 3. The number of Topliss-reactive ketones (excluding diaryl/α,β-unsaturated/α-hetero) is 1. The average Bonchev–Trinajstić information content (AvgIpc) is 2.70. The summed E-state index contributed by atoms with van der Waals surface area (Å²) in [5.74, 6) is 0.0157. The Kier molecular flexibility index (Phi) is 4.26. The van der Waals surface area contributed by atoms with Gasteiger partial charge in [0.25, 0.3) is 0 Å². The molecule has 5 heteroatoms. The van der Waals surface area contributed by atoms with E-state index in [-0.39, 0.29) is 12.2 Å². The van der Waals surface area contributed by atoms with E-state index in [1.807, 2.05) is 5.38 Å². The van der Waals surface area contributed by atoms with E-state index >= 15 is 0 Å². The third kappa shape index (κ3) is 3.10. The summed E-state index contributed by atoms with van der Waals surface area (Å²) in [6, 6.07) is 7.04. The maximum atomic E-state index is 12.0. The summed E-state index contributed by atoms with van der Waals surface area (Å²) in [5, 5.41) is 2.87. The molecule has 0 saturated carbocycles. The summed E-state index contributed by atoms with van der Waals surface area (Å²) in [7, 11) is 0. The molecule has 0 unspecified atom stereocenters. The van der Waals surface area contributed by atoms with Gasteiger partial charge in [-0.05, 0) is 39.7 Å². The SMILES string of the molecule is O=C(Cc1c(Cl)cccc1Cl)c1csc(Br)c1. The van der Waals surface area contributed by atoms with E-state index in [0.29, 0.717) is 21.2 Å². The molecular formula is C12H7BrCl2OS. The van der Waals surface area contributed by atoms with Crippen molar-refractivity contribution in [2.24, 2.45) is 0 Å². The van der Waals surface area contributed by atoms with Crippen LogP contribution in [0.2, 0.25) is 10.0 Å². The van der Waals surface area contributed by atoms with Crippen molar-refractivity contribution in [3.63, 3.8) is 0 Å². The molecule has 17 heavy (non-hydrogen) atoms. The summed E-state index contributed by atoms with van der Waals surface area (Å²) in [6.07, 6.45) is 0.224. The molecule has 1 nitrogen and oxygen atoms in total. The van der Waals surface area contributed by atoms with Crippen molar-refractivity contribution in [2.75, 3.05) is 0 Å². The Morgan fingerprint density at radius 2 is 1.94 bits per heavy atom. The molecule has 0 aliphatic rings. The molecule has 0 bridgehead atoms. The van der Waals surface area contributed by atoms with Crippen LogP contribution < -0.4 is 0 Å². The highest BCUT2D eigenvalue weighted by Crippen LogP contribution is 2.27. The first-order valence-electron chi connectivity index (χ1n) is 4.78. The minimum Gasteiger partial charge on any atom is -0.294 e. The van der Waals surface area contributed by atoms with E-state index in [0.717, 1.165) is 3.79 Å². The molecule has 0 spiro atoms. The number of thiophene rings is 1. The van der Waals surface area contributed by atoms with Gasteiger partial charge in [0, 0.05) is 27.4 Å². The molecule has 0 aliphatic carbocycles. The Hall–Kier alpha value is -0.350. The maximum absolute atomic E-state index is 12.0. The molecule has 0 radical (unpaired) electrons. The van der Waals surface area contributed by atoms with E-state index in [1.54, 1.807) is 24.3 Å². The molecule has 1 heterocycles. The zero-order valence-corrected chi connectivity index (χ0v) is 12.5. The van der Waals surface area contributed by atoms with Crippen LogP contribution in [0.25, 0.3) is 0 Å². The summed E-state index contributed by atoms with van der Waals surface area (Å²) in [4.78, 5) is 12.0. The number of hydrogen-bond donors (Lipinski definition) is 0. The van der Waals surface area contributed by atoms with E-state index in [9.17, 15) is 4.79 Å². The maximum Gasteiger partial charge on any atom is 0.168 e. The first-order valence-corrected chi connectivity index (χ1v) is 7.21. The first-order chi connectivity index (χ1) is 8.08. The molecular weight excluding hydrogens is 343 g/mol. The Bertz CT molecular complexity index is 545. The third-order valence-corrected chi connectivity index (χ3v) is 4.50. The topological polar surface area (TPSA) is 17.1 Å². The zero-order chi connectivity index (χ0) is 12.4. The Morgan fingerprint density at radius 1 is 1.29 bits per heavy atom. The van der Waals surface area contributed by atoms with Gasteiger partial charge in [-0.2, -0.15) is 0 Å². The van der Waals surface area contributed by atoms with Crippen molar-refractivity contribution in [2.45, 2.75) is 6.42 Å². The minimum atomic E-state index is 0.0157. The lowest BCUT2D eigenvalue weighted by atomic mass is 10.1. The van der Waals surface area contributed by atoms with Gasteiger partial charge in [0.15, 0.2) is 5.78 Å². The van der Waals surface area contributed by atoms with Crippen LogP contribution >= 0.6 is 50.5 Å². The Morgan fingerprint density at radius 3 is 2.47 bits per heavy atom. The monoisotopic (exact) mass is 348 g/mol. The molecule has 0 aliphatic heterocycles. The third-order valence-electron chi connectivity index (χ3n) is 2.29. The van der Waals surface area contributed by atoms with Gasteiger partial charge in [-0.15, -0.1) is 11.3 Å². The van der Waals surface area contributed by atoms with Crippen molar-refractivity contribution < 1.29 is 4.79 Å². The van der Waals surface area contributed by atoms with Crippen LogP contribution in [0.4, 0.5) is 0 Å². The van der Waals surface area contributed by atoms with E-state index in [4.69, 9.17) is 23.2 Å². The van der Waals surface area contributed by atoms with Crippen LogP contribution in [0.1, 0.15) is 15.9 Å². The molecule has 1 aromatic carbocycles. The number of halogens is 3. The van der Waals surface area contributed by atoms with Crippen LogP contribution in [-0.2, 0) is 6.42 Å². The zero-order valence-electron chi connectivity index (χ0n) is 8.54. The molecule has 0 saturated heterocycles. The summed E-state index contributed by atoms with van der Waals surface area (Å²) < 4.78 is 0.936. The van der Waals surface area contributed by atoms with Gasteiger partial charge in [0.1, 0.15) is 0 Å². The lowest BCUT2D eigenvalue weighted by Crippen LogP contribution is -2.03. The van der Waals surface area contributed by atoms with Crippen molar-refractivity contribution in [1.29, 1.82) is 0 Å². The fourth-order valence-corrected chi connectivity index (χ4v) is 3.11. The Labute approximate surface area is 121 Å². The number of benzene rings is 1. The van der Waals surface area contributed by atoms with Gasteiger partial charge in [-0.3, -0.25) is 4.79 Å². The van der Waals surface area contributed by atoms with Crippen LogP contribution in [0.5, 0.6) is 0 Å². The highest BCUT2D eigenvalue weighted by molar-refractivity contribution is 9.11. The second kappa shape index (κ2) is 5.53. The van der Waals surface area contributed by atoms with Gasteiger partial charge >= 0.3 is 0 Å². The lowest BCUT2D eigenvalue weighted by Gasteiger charge is -2.04. The van der Waals surface area contributed by atoms with Gasteiger partial charge in [0.05, 0.1) is 3.79 Å². The van der Waals surface area contributed by atoms with Crippen molar-refractivity contribution in [3.05, 3.63) is 54.6 Å². The highest BCUT2D eigenvalue weighted by Gasteiger charge is 2.13. The molecule has 2 aromatic rings. The number of carbonyl (C=O) groups excluding carboxylic acids is 1. The van der Waals surface area contributed by atoms with Crippen molar-refractivity contribution in [1.82, 2.24) is 0 Å². The van der Waals surface area contributed by atoms with E-state index in [1.165, 1.54) is 11.3 Å². The number of ketones is 1. The molecule has 1 aromatic heterocycles. The predicted octanol–water partition coefficient (Wildman–Crippen LogP) is 5.24. The van der Waals surface area contributed by atoms with E-state index < -0.39 is 0 Å². The fourth-order valence-electron chi connectivity index (χ4n) is 1.42. The molecule has 0 fully saturated rings. The van der Waals surface area contributed by atoms with Crippen LogP contribution in [0.3, 0.4) is 0 Å². The smallest absolute Gasteiger partial charge is 0.168 e. The van der Waals surface area contributed by atoms with Gasteiger partial charge in [0.2, 0.25) is 0 Å². The molecule has 88 valence electrons. The standard InChI is InChI=1S/C12H7BrCl2OS/c13-12-4-7(6-17-12)11(16)5-8-9(14)2-1-3-10(8)15/h1-4,6H,5H2. The molecule has 0 N–H and O–H groups in total. The normalized spacial score (nSPS) is 10.5. The van der Waals surface area contributed by atoms with Crippen molar-refractivity contribution in [3.8, 4) is 0 Å². The highest BCUT2D eigenvalue weighted by atomic mass is 79.9. The quantitative estimate of drug-likeness (QED) is 0.692. The van der Waals surface area contributed by atoms with Gasteiger partial charge < -0.3 is 0 Å². The lowest BCUT2D eigenvalue weighted by molar-refractivity contribution is 0.0993. The van der Waals surface area contributed by atoms with E-state index in [2.05, 4.69) is 15.9 Å². The fraction of sp³-hybridized carbons (Fsp3) is 0.0833. The van der Waals surface area contributed by atoms with Crippen LogP contribution in [-0.4, -0.2) is 5.78 Å². The predicted molar refractivity (Wildman–Crippen MR) is 76.5 cm³/mol. The second-order valence-electron chi connectivity index (χ2n) is 3.44. The summed E-state index contributed by atoms with van der Waals surface area (Å²) in [5.41, 5.74) is 1.36. The van der Waals surface area contributed by atoms with Crippen LogP contribution in [0, 0.1) is 0 Å². The number of carbonyl (C=O) groups is 1. The summed E-state index contributed by atoms with van der Waals surface area (Å²) >= 11 is 16.9. The van der Waals surface area contributed by atoms with Gasteiger partial charge in [-0.1, -0.05) is 29.3 Å². The van der Waals surface area contributed by atoms with Crippen molar-refractivity contribution >= 4 is 56.3 Å². The number of hydrogen-bond acceptors (Lipinski definition) is 2. The molecule has 2 rings (SSSR count). The van der Waals surface area contributed by atoms with Gasteiger partial charge in [-0.25, -0.2) is 0 Å². The largest absolute Gasteiger partial charge is 0.294 e. The van der Waals surface area contributed by atoms with Crippen LogP contribution in [0.15, 0.2) is 33.4 Å². The Balaban J connectivity index is 2.24. The summed E-state index contributed by atoms with van der Waals surface area (Å²) in [6.45, 7) is 0. The first kappa shape index (κ1) is 13.1. The molecule has 0 amide bonds. The second-order valence-corrected chi connectivity index (χ2v) is 6.54. The average molecular weight is 350 g/mol.